The van der Waals surface area contributed by atoms with E-state index in [9.17, 15) is 0 Å². The molecule has 56 valence electrons. The lowest BCUT2D eigenvalue weighted by Gasteiger charge is -2.13. The number of fused-ring (bicyclic) bond motifs is 1. The minimum atomic E-state index is 0.441. The van der Waals surface area contributed by atoms with E-state index in [1.807, 2.05) is 12.1 Å². The first-order valence-corrected chi connectivity index (χ1v) is 3.40. The van der Waals surface area contributed by atoms with Gasteiger partial charge in [0.25, 0.3) is 0 Å². The van der Waals surface area contributed by atoms with E-state index in [1.54, 1.807) is 12.3 Å². The fourth-order valence-electron chi connectivity index (χ4n) is 1.04. The maximum absolute atomic E-state index is 5.45. The fraction of sp³-hybridized carbons (Fsp3) is 0.125. The van der Waals surface area contributed by atoms with E-state index in [0.29, 0.717) is 12.5 Å². The molecule has 0 saturated carbocycles. The molecule has 1 aliphatic heterocycles. The molecule has 2 heterocycles. The molecule has 0 unspecified atom stereocenters. The Kier molecular flexibility index (Phi) is 1.28. The minimum Gasteiger partial charge on any atom is -0.474 e. The van der Waals surface area contributed by atoms with E-state index in [2.05, 4.69) is 4.98 Å². The fourth-order valence-corrected chi connectivity index (χ4v) is 1.04. The molecule has 0 aromatic carbocycles. The second kappa shape index (κ2) is 2.27. The second-order valence-corrected chi connectivity index (χ2v) is 2.38. The predicted octanol–water partition coefficient (Wildman–Crippen LogP) is 0.869. The number of pyridine rings is 1. The average molecular weight is 148 g/mol. The van der Waals surface area contributed by atoms with Crippen molar-refractivity contribution in [3.63, 3.8) is 0 Å². The van der Waals surface area contributed by atoms with Crippen LogP contribution < -0.4 is 5.73 Å². The summed E-state index contributed by atoms with van der Waals surface area (Å²) in [5.41, 5.74) is 7.45. The summed E-state index contributed by atoms with van der Waals surface area (Å²) in [5.74, 6) is 0.441. The normalized spacial score (nSPS) is 14.7. The van der Waals surface area contributed by atoms with Crippen molar-refractivity contribution in [2.45, 2.75) is 6.61 Å². The zero-order valence-corrected chi connectivity index (χ0v) is 5.95. The quantitative estimate of drug-likeness (QED) is 0.593. The molecule has 0 atom stereocenters. The molecule has 0 bridgehead atoms. The molecular weight excluding hydrogens is 140 g/mol. The number of nitrogens with zero attached hydrogens (tertiary/aromatic N) is 1. The minimum absolute atomic E-state index is 0.441. The van der Waals surface area contributed by atoms with Gasteiger partial charge in [0.1, 0.15) is 6.61 Å². The highest BCUT2D eigenvalue weighted by atomic mass is 16.5. The van der Waals surface area contributed by atoms with Crippen molar-refractivity contribution < 1.29 is 4.74 Å². The van der Waals surface area contributed by atoms with Gasteiger partial charge in [-0.25, -0.2) is 0 Å². The Morgan fingerprint density at radius 3 is 3.36 bits per heavy atom. The lowest BCUT2D eigenvalue weighted by atomic mass is 10.2. The second-order valence-electron chi connectivity index (χ2n) is 2.38. The molecule has 3 nitrogen and oxygen atoms in total. The summed E-state index contributed by atoms with van der Waals surface area (Å²) in [4.78, 5) is 4.13. The number of aromatic nitrogens is 1. The first-order chi connectivity index (χ1) is 5.36. The molecule has 1 aromatic heterocycles. The van der Waals surface area contributed by atoms with Crippen LogP contribution in [0.5, 0.6) is 0 Å². The van der Waals surface area contributed by atoms with Gasteiger partial charge in [0.2, 0.25) is 0 Å². The monoisotopic (exact) mass is 148 g/mol. The van der Waals surface area contributed by atoms with Gasteiger partial charge >= 0.3 is 0 Å². The number of ether oxygens (including phenoxy) is 1. The SMILES string of the molecule is NC1=Cc2ncccc2CO1. The molecule has 0 radical (unpaired) electrons. The van der Waals surface area contributed by atoms with E-state index >= 15 is 0 Å². The Labute approximate surface area is 64.5 Å². The van der Waals surface area contributed by atoms with Crippen molar-refractivity contribution in [3.05, 3.63) is 35.5 Å². The zero-order chi connectivity index (χ0) is 7.68. The Morgan fingerprint density at radius 1 is 1.55 bits per heavy atom. The molecule has 2 N–H and O–H groups in total. The summed E-state index contributed by atoms with van der Waals surface area (Å²) in [6.07, 6.45) is 3.48. The summed E-state index contributed by atoms with van der Waals surface area (Å²) >= 11 is 0. The maximum Gasteiger partial charge on any atom is 0.186 e. The third-order valence-electron chi connectivity index (χ3n) is 1.60. The zero-order valence-electron chi connectivity index (χ0n) is 5.95. The van der Waals surface area contributed by atoms with E-state index in [1.165, 1.54) is 0 Å². The van der Waals surface area contributed by atoms with Gasteiger partial charge in [-0.05, 0) is 6.07 Å². The first-order valence-electron chi connectivity index (χ1n) is 3.40. The highest BCUT2D eigenvalue weighted by Gasteiger charge is 2.07. The van der Waals surface area contributed by atoms with Crippen LogP contribution in [0.25, 0.3) is 6.08 Å². The molecule has 3 heteroatoms. The topological polar surface area (TPSA) is 48.1 Å². The van der Waals surface area contributed by atoms with Crippen molar-refractivity contribution in [2.24, 2.45) is 5.73 Å². The van der Waals surface area contributed by atoms with Gasteiger partial charge in [0.15, 0.2) is 5.88 Å². The third kappa shape index (κ3) is 1.05. The Balaban J connectivity index is 2.51. The largest absolute Gasteiger partial charge is 0.474 e. The number of hydrogen-bond donors (Lipinski definition) is 1. The number of hydrogen-bond acceptors (Lipinski definition) is 3. The maximum atomic E-state index is 5.45. The molecule has 2 rings (SSSR count). The van der Waals surface area contributed by atoms with Gasteiger partial charge in [-0.2, -0.15) is 0 Å². The summed E-state index contributed by atoms with van der Waals surface area (Å²) in [6, 6.07) is 3.86. The lowest BCUT2D eigenvalue weighted by molar-refractivity contribution is 0.194. The molecule has 0 fully saturated rings. The van der Waals surface area contributed by atoms with Crippen LogP contribution >= 0.6 is 0 Å². The molecule has 0 saturated heterocycles. The number of nitrogens with two attached hydrogens (primary N) is 1. The van der Waals surface area contributed by atoms with Crippen LogP contribution in [0.3, 0.4) is 0 Å². The highest BCUT2D eigenvalue weighted by molar-refractivity contribution is 5.51. The lowest BCUT2D eigenvalue weighted by Crippen LogP contribution is -2.09. The van der Waals surface area contributed by atoms with Gasteiger partial charge in [0, 0.05) is 17.8 Å². The van der Waals surface area contributed by atoms with Gasteiger partial charge in [-0.3, -0.25) is 4.98 Å². The van der Waals surface area contributed by atoms with Gasteiger partial charge in [0.05, 0.1) is 5.69 Å². The smallest absolute Gasteiger partial charge is 0.186 e. The Bertz CT molecular complexity index is 307. The summed E-state index contributed by atoms with van der Waals surface area (Å²) in [6.45, 7) is 0.533. The van der Waals surface area contributed by atoms with Gasteiger partial charge in [-0.15, -0.1) is 0 Å². The molecule has 1 aliphatic rings. The van der Waals surface area contributed by atoms with E-state index < -0.39 is 0 Å². The van der Waals surface area contributed by atoms with E-state index in [-0.39, 0.29) is 0 Å². The van der Waals surface area contributed by atoms with Gasteiger partial charge in [-0.1, -0.05) is 6.07 Å². The highest BCUT2D eigenvalue weighted by Crippen LogP contribution is 2.15. The Morgan fingerprint density at radius 2 is 2.45 bits per heavy atom. The van der Waals surface area contributed by atoms with Gasteiger partial charge < -0.3 is 10.5 Å². The molecule has 11 heavy (non-hydrogen) atoms. The van der Waals surface area contributed by atoms with Crippen LogP contribution in [-0.2, 0) is 11.3 Å². The molecule has 1 aromatic rings. The summed E-state index contributed by atoms with van der Waals surface area (Å²) < 4.78 is 5.10. The van der Waals surface area contributed by atoms with Crippen molar-refractivity contribution in [2.75, 3.05) is 0 Å². The van der Waals surface area contributed by atoms with Crippen LogP contribution in [0.1, 0.15) is 11.3 Å². The van der Waals surface area contributed by atoms with Crippen molar-refractivity contribution in [3.8, 4) is 0 Å². The van der Waals surface area contributed by atoms with Crippen LogP contribution in [0.15, 0.2) is 24.2 Å². The van der Waals surface area contributed by atoms with Crippen molar-refractivity contribution in [1.82, 2.24) is 4.98 Å². The first kappa shape index (κ1) is 6.22. The van der Waals surface area contributed by atoms with Crippen LogP contribution in [0, 0.1) is 0 Å². The summed E-state index contributed by atoms with van der Waals surface area (Å²) in [5, 5.41) is 0. The van der Waals surface area contributed by atoms with Crippen molar-refractivity contribution >= 4 is 6.08 Å². The average Bonchev–Trinajstić information content (AvgIpc) is 2.04. The third-order valence-corrected chi connectivity index (χ3v) is 1.60. The van der Waals surface area contributed by atoms with Crippen LogP contribution in [-0.4, -0.2) is 4.98 Å². The van der Waals surface area contributed by atoms with Crippen LogP contribution in [0.4, 0.5) is 0 Å². The number of rotatable bonds is 0. The molecular formula is C8H8N2O. The standard InChI is InChI=1S/C8H8N2O/c9-8-4-7-6(5-11-8)2-1-3-10-7/h1-4H,5,9H2. The van der Waals surface area contributed by atoms with Crippen LogP contribution in [0.2, 0.25) is 0 Å². The predicted molar refractivity (Wildman–Crippen MR) is 41.2 cm³/mol. The molecule has 0 spiro atoms. The van der Waals surface area contributed by atoms with E-state index in [0.717, 1.165) is 11.3 Å². The van der Waals surface area contributed by atoms with E-state index in [4.69, 9.17) is 10.5 Å². The summed E-state index contributed by atoms with van der Waals surface area (Å²) in [7, 11) is 0. The Hall–Kier alpha value is -1.51. The molecule has 0 amide bonds. The molecule has 0 aliphatic carbocycles. The van der Waals surface area contributed by atoms with Crippen molar-refractivity contribution in [1.29, 1.82) is 0 Å².